The zero-order valence-electron chi connectivity index (χ0n) is 16.1. The summed E-state index contributed by atoms with van der Waals surface area (Å²) in [6.45, 7) is 1.70. The van der Waals surface area contributed by atoms with Gasteiger partial charge in [0.1, 0.15) is 5.54 Å². The maximum absolute atomic E-state index is 13.0. The molecule has 0 radical (unpaired) electrons. The van der Waals surface area contributed by atoms with E-state index in [9.17, 15) is 9.59 Å². The van der Waals surface area contributed by atoms with Crippen molar-refractivity contribution in [2.24, 2.45) is 5.41 Å². The summed E-state index contributed by atoms with van der Waals surface area (Å²) >= 11 is 0. The van der Waals surface area contributed by atoms with Crippen molar-refractivity contribution in [2.45, 2.75) is 44.1 Å². The van der Waals surface area contributed by atoms with Crippen LogP contribution in [0.4, 0.5) is 0 Å². The molecule has 2 saturated carbocycles. The van der Waals surface area contributed by atoms with E-state index in [1.807, 2.05) is 47.4 Å². The summed E-state index contributed by atoms with van der Waals surface area (Å²) < 4.78 is 0. The zero-order valence-corrected chi connectivity index (χ0v) is 16.1. The van der Waals surface area contributed by atoms with Gasteiger partial charge in [-0.3, -0.25) is 9.59 Å². The Morgan fingerprint density at radius 3 is 1.93 bits per heavy atom. The van der Waals surface area contributed by atoms with E-state index in [0.717, 1.165) is 49.9 Å². The van der Waals surface area contributed by atoms with E-state index in [0.29, 0.717) is 11.0 Å². The number of nitrogens with zero attached hydrogens (tertiary/aromatic N) is 1. The van der Waals surface area contributed by atoms with Gasteiger partial charge in [0.15, 0.2) is 0 Å². The summed E-state index contributed by atoms with van der Waals surface area (Å²) in [7, 11) is 0. The van der Waals surface area contributed by atoms with Gasteiger partial charge < -0.3 is 10.2 Å². The van der Waals surface area contributed by atoms with Gasteiger partial charge in [0.2, 0.25) is 5.91 Å². The van der Waals surface area contributed by atoms with Gasteiger partial charge in [0.25, 0.3) is 5.91 Å². The quantitative estimate of drug-likeness (QED) is 0.879. The van der Waals surface area contributed by atoms with Gasteiger partial charge in [-0.05, 0) is 67.2 Å². The second-order valence-electron chi connectivity index (χ2n) is 8.77. The largest absolute Gasteiger partial charge is 0.341 e. The van der Waals surface area contributed by atoms with Gasteiger partial charge in [-0.2, -0.15) is 0 Å². The van der Waals surface area contributed by atoms with Gasteiger partial charge in [0, 0.05) is 18.7 Å². The minimum Gasteiger partial charge on any atom is -0.341 e. The van der Waals surface area contributed by atoms with Crippen LogP contribution in [0.25, 0.3) is 11.1 Å². The Labute approximate surface area is 165 Å². The molecule has 0 bridgehead atoms. The van der Waals surface area contributed by atoms with E-state index >= 15 is 0 Å². The van der Waals surface area contributed by atoms with Gasteiger partial charge in [-0.15, -0.1) is 0 Å². The summed E-state index contributed by atoms with van der Waals surface area (Å²) in [6.07, 6.45) is 6.42. The number of benzene rings is 2. The molecular weight excluding hydrogens is 348 g/mol. The summed E-state index contributed by atoms with van der Waals surface area (Å²) in [4.78, 5) is 27.8. The zero-order chi connectivity index (χ0) is 19.2. The lowest BCUT2D eigenvalue weighted by atomic mass is 9.93. The Balaban J connectivity index is 1.24. The fourth-order valence-corrected chi connectivity index (χ4v) is 4.42. The molecule has 0 atom stereocenters. The van der Waals surface area contributed by atoms with Crippen LogP contribution in [0.5, 0.6) is 0 Å². The van der Waals surface area contributed by atoms with Crippen molar-refractivity contribution in [3.63, 3.8) is 0 Å². The van der Waals surface area contributed by atoms with Crippen molar-refractivity contribution < 1.29 is 9.59 Å². The molecule has 0 unspecified atom stereocenters. The van der Waals surface area contributed by atoms with E-state index < -0.39 is 5.54 Å². The Bertz CT molecular complexity index is 886. The molecule has 144 valence electrons. The van der Waals surface area contributed by atoms with Crippen molar-refractivity contribution in [3.05, 3.63) is 60.2 Å². The monoisotopic (exact) mass is 374 g/mol. The third-order valence-electron chi connectivity index (χ3n) is 6.83. The molecule has 2 aromatic rings. The molecule has 1 saturated heterocycles. The summed E-state index contributed by atoms with van der Waals surface area (Å²) in [5.74, 6) is -0.0293. The first-order valence-corrected chi connectivity index (χ1v) is 10.4. The van der Waals surface area contributed by atoms with E-state index in [1.54, 1.807) is 0 Å². The Morgan fingerprint density at radius 1 is 0.750 bits per heavy atom. The highest BCUT2D eigenvalue weighted by Crippen LogP contribution is 2.54. The van der Waals surface area contributed by atoms with Crippen molar-refractivity contribution >= 4 is 11.8 Å². The fraction of sp³-hybridized carbons (Fsp3) is 0.417. The first kappa shape index (κ1) is 17.5. The number of likely N-dealkylation sites (tertiary alicyclic amines) is 1. The lowest BCUT2D eigenvalue weighted by Gasteiger charge is -2.34. The van der Waals surface area contributed by atoms with Crippen LogP contribution in [-0.4, -0.2) is 35.3 Å². The first-order valence-electron chi connectivity index (χ1n) is 10.4. The molecule has 4 nitrogen and oxygen atoms in total. The van der Waals surface area contributed by atoms with E-state index in [2.05, 4.69) is 17.4 Å². The van der Waals surface area contributed by atoms with Gasteiger partial charge in [0.05, 0.1) is 0 Å². The molecule has 3 aliphatic rings. The molecule has 28 heavy (non-hydrogen) atoms. The molecule has 3 fully saturated rings. The third kappa shape index (κ3) is 3.21. The minimum absolute atomic E-state index is 0.122. The Morgan fingerprint density at radius 2 is 1.36 bits per heavy atom. The molecule has 1 aliphatic heterocycles. The van der Waals surface area contributed by atoms with Crippen LogP contribution < -0.4 is 5.32 Å². The molecule has 0 aromatic heterocycles. The lowest BCUT2D eigenvalue weighted by molar-refractivity contribution is -0.136. The Kier molecular flexibility index (Phi) is 4.04. The highest BCUT2D eigenvalue weighted by molar-refractivity contribution is 6.01. The number of hydrogen-bond donors (Lipinski definition) is 1. The second-order valence-corrected chi connectivity index (χ2v) is 8.77. The van der Waals surface area contributed by atoms with E-state index in [4.69, 9.17) is 0 Å². The van der Waals surface area contributed by atoms with E-state index in [1.165, 1.54) is 12.8 Å². The number of nitrogens with one attached hydrogen (secondary N) is 1. The molecule has 5 rings (SSSR count). The molecular formula is C24H26N2O2. The van der Waals surface area contributed by atoms with Crippen LogP contribution in [0.2, 0.25) is 0 Å². The molecule has 2 amide bonds. The molecule has 1 N–H and O–H groups in total. The smallest absolute Gasteiger partial charge is 0.252 e. The summed E-state index contributed by atoms with van der Waals surface area (Å²) in [6, 6.07) is 17.7. The fourth-order valence-electron chi connectivity index (χ4n) is 4.42. The molecule has 4 heteroatoms. The molecule has 2 aliphatic carbocycles. The normalized spacial score (nSPS) is 21.2. The van der Waals surface area contributed by atoms with Crippen LogP contribution in [0.3, 0.4) is 0 Å². The van der Waals surface area contributed by atoms with Crippen LogP contribution in [0, 0.1) is 5.41 Å². The SMILES string of the molecule is O=C(NC1(C(=O)N2CCC3(CC2)CC3)CC1)c1ccc(-c2ccccc2)cc1. The van der Waals surface area contributed by atoms with Crippen molar-refractivity contribution in [1.29, 1.82) is 0 Å². The van der Waals surface area contributed by atoms with Crippen molar-refractivity contribution in [2.75, 3.05) is 13.1 Å². The van der Waals surface area contributed by atoms with Gasteiger partial charge in [-0.25, -0.2) is 0 Å². The van der Waals surface area contributed by atoms with Crippen molar-refractivity contribution in [1.82, 2.24) is 10.2 Å². The van der Waals surface area contributed by atoms with Crippen LogP contribution in [0.15, 0.2) is 54.6 Å². The molecule has 2 aromatic carbocycles. The maximum Gasteiger partial charge on any atom is 0.252 e. The first-order chi connectivity index (χ1) is 13.6. The van der Waals surface area contributed by atoms with Crippen molar-refractivity contribution in [3.8, 4) is 11.1 Å². The average Bonchev–Trinajstić information content (AvgIpc) is 3.67. The number of rotatable bonds is 4. The summed E-state index contributed by atoms with van der Waals surface area (Å²) in [5, 5.41) is 3.05. The predicted octanol–water partition coefficient (Wildman–Crippen LogP) is 4.02. The van der Waals surface area contributed by atoms with Gasteiger partial charge >= 0.3 is 0 Å². The number of carbonyl (C=O) groups is 2. The third-order valence-corrected chi connectivity index (χ3v) is 6.83. The average molecular weight is 374 g/mol. The number of carbonyl (C=O) groups excluding carboxylic acids is 2. The maximum atomic E-state index is 13.0. The number of piperidine rings is 1. The topological polar surface area (TPSA) is 49.4 Å². The second kappa shape index (κ2) is 6.47. The van der Waals surface area contributed by atoms with Gasteiger partial charge in [-0.1, -0.05) is 42.5 Å². The highest BCUT2D eigenvalue weighted by Gasteiger charge is 2.54. The molecule has 1 spiro atoms. The number of hydrogen-bond acceptors (Lipinski definition) is 2. The predicted molar refractivity (Wildman–Crippen MR) is 109 cm³/mol. The van der Waals surface area contributed by atoms with Crippen LogP contribution in [0.1, 0.15) is 48.9 Å². The highest BCUT2D eigenvalue weighted by atomic mass is 16.2. The van der Waals surface area contributed by atoms with E-state index in [-0.39, 0.29) is 11.8 Å². The molecule has 1 heterocycles. The van der Waals surface area contributed by atoms with Crippen LogP contribution in [-0.2, 0) is 4.79 Å². The number of amides is 2. The lowest BCUT2D eigenvalue weighted by Crippen LogP contribution is -2.52. The minimum atomic E-state index is -0.663. The Hall–Kier alpha value is -2.62. The summed E-state index contributed by atoms with van der Waals surface area (Å²) in [5.41, 5.74) is 2.70. The standard InChI is InChI=1S/C24H26N2O2/c27-21(20-8-6-19(7-9-20)18-4-2-1-3-5-18)25-24(12-13-24)22(28)26-16-14-23(10-11-23)15-17-26/h1-9H,10-17H2,(H,25,27). The van der Waals surface area contributed by atoms with Crippen LogP contribution >= 0.6 is 0 Å².